The lowest BCUT2D eigenvalue weighted by Gasteiger charge is -2.27. The van der Waals surface area contributed by atoms with E-state index < -0.39 is 11.8 Å². The summed E-state index contributed by atoms with van der Waals surface area (Å²) in [7, 11) is 0. The van der Waals surface area contributed by atoms with E-state index in [1.54, 1.807) is 0 Å². The Balaban J connectivity index is 3.17. The number of benzene rings is 1. The normalized spacial score (nSPS) is 15.0. The van der Waals surface area contributed by atoms with Crippen LogP contribution in [0.5, 0.6) is 0 Å². The Bertz CT molecular complexity index is 424. The molecule has 0 amide bonds. The lowest BCUT2D eigenvalue weighted by atomic mass is 9.89. The summed E-state index contributed by atoms with van der Waals surface area (Å²) in [6.07, 6.45) is 0.678. The highest BCUT2D eigenvalue weighted by Gasteiger charge is 2.51. The first kappa shape index (κ1) is 18.0. The maximum Gasteiger partial charge on any atom is 0.421 e. The Morgan fingerprint density at radius 1 is 0.905 bits per heavy atom. The molecule has 120 valence electrons. The molecule has 1 rings (SSSR count). The SMILES string of the molecule is CCCCc1cc(CCCC)cc(C(C)(O)C(F)(F)F)c1. The van der Waals surface area contributed by atoms with Crippen molar-refractivity contribution in [3.63, 3.8) is 0 Å². The number of unbranched alkanes of at least 4 members (excludes halogenated alkanes) is 2. The van der Waals surface area contributed by atoms with Crippen molar-refractivity contribution < 1.29 is 18.3 Å². The van der Waals surface area contributed by atoms with Gasteiger partial charge in [-0.25, -0.2) is 0 Å². The molecule has 1 unspecified atom stereocenters. The summed E-state index contributed by atoms with van der Waals surface area (Å²) >= 11 is 0. The van der Waals surface area contributed by atoms with Crippen molar-refractivity contribution in [3.05, 3.63) is 34.9 Å². The monoisotopic (exact) mass is 302 g/mol. The van der Waals surface area contributed by atoms with Crippen molar-refractivity contribution in [2.45, 2.75) is 71.1 Å². The van der Waals surface area contributed by atoms with E-state index in [1.165, 1.54) is 12.1 Å². The third-order valence-electron chi connectivity index (χ3n) is 3.80. The van der Waals surface area contributed by atoms with Crippen LogP contribution in [0.1, 0.15) is 63.1 Å². The Morgan fingerprint density at radius 3 is 1.67 bits per heavy atom. The van der Waals surface area contributed by atoms with Gasteiger partial charge in [-0.3, -0.25) is 0 Å². The molecule has 0 aromatic heterocycles. The Kier molecular flexibility index (Phi) is 6.26. The number of aliphatic hydroxyl groups is 1. The zero-order chi connectivity index (χ0) is 16.1. The third kappa shape index (κ3) is 4.73. The molecule has 0 saturated carbocycles. The number of hydrogen-bond acceptors (Lipinski definition) is 1. The zero-order valence-electron chi connectivity index (χ0n) is 13.1. The second-order valence-electron chi connectivity index (χ2n) is 5.82. The zero-order valence-corrected chi connectivity index (χ0v) is 13.1. The Labute approximate surface area is 125 Å². The van der Waals surface area contributed by atoms with Gasteiger partial charge in [-0.2, -0.15) is 13.2 Å². The highest BCUT2D eigenvalue weighted by Crippen LogP contribution is 2.39. The molecule has 1 nitrogen and oxygen atoms in total. The van der Waals surface area contributed by atoms with Crippen LogP contribution in [0.3, 0.4) is 0 Å². The summed E-state index contributed by atoms with van der Waals surface area (Å²) in [6.45, 7) is 4.93. The molecular formula is C17H25F3O. The molecule has 0 heterocycles. The topological polar surface area (TPSA) is 20.2 Å². The van der Waals surface area contributed by atoms with Crippen LogP contribution in [0, 0.1) is 0 Å². The van der Waals surface area contributed by atoms with Gasteiger partial charge in [-0.05, 0) is 49.3 Å². The van der Waals surface area contributed by atoms with Gasteiger partial charge in [0.2, 0.25) is 0 Å². The molecule has 0 saturated heterocycles. The fourth-order valence-corrected chi connectivity index (χ4v) is 2.26. The van der Waals surface area contributed by atoms with E-state index >= 15 is 0 Å². The van der Waals surface area contributed by atoms with Gasteiger partial charge >= 0.3 is 6.18 Å². The maximum atomic E-state index is 13.0. The quantitative estimate of drug-likeness (QED) is 0.739. The summed E-state index contributed by atoms with van der Waals surface area (Å²) in [5, 5.41) is 9.90. The van der Waals surface area contributed by atoms with Crippen LogP contribution in [0.25, 0.3) is 0 Å². The first-order valence-electron chi connectivity index (χ1n) is 7.64. The van der Waals surface area contributed by atoms with Crippen molar-refractivity contribution >= 4 is 0 Å². The van der Waals surface area contributed by atoms with Crippen LogP contribution in [0.2, 0.25) is 0 Å². The van der Waals surface area contributed by atoms with E-state index in [1.807, 2.05) is 19.9 Å². The van der Waals surface area contributed by atoms with Gasteiger partial charge < -0.3 is 5.11 Å². The smallest absolute Gasteiger partial charge is 0.376 e. The first-order chi connectivity index (χ1) is 9.72. The highest BCUT2D eigenvalue weighted by molar-refractivity contribution is 5.34. The van der Waals surface area contributed by atoms with Crippen LogP contribution < -0.4 is 0 Å². The molecule has 1 atom stereocenters. The number of rotatable bonds is 7. The number of hydrogen-bond donors (Lipinski definition) is 1. The van der Waals surface area contributed by atoms with Crippen molar-refractivity contribution in [1.82, 2.24) is 0 Å². The van der Waals surface area contributed by atoms with Gasteiger partial charge in [-0.1, -0.05) is 44.9 Å². The first-order valence-corrected chi connectivity index (χ1v) is 7.64. The minimum absolute atomic E-state index is 0.0466. The number of aryl methyl sites for hydroxylation is 2. The summed E-state index contributed by atoms with van der Waals surface area (Å²) in [5.74, 6) is 0. The summed E-state index contributed by atoms with van der Waals surface area (Å²) < 4.78 is 39.1. The average molecular weight is 302 g/mol. The predicted molar refractivity (Wildman–Crippen MR) is 79.3 cm³/mol. The van der Waals surface area contributed by atoms with E-state index in [0.29, 0.717) is 0 Å². The fourth-order valence-electron chi connectivity index (χ4n) is 2.26. The Morgan fingerprint density at radius 2 is 1.33 bits per heavy atom. The second kappa shape index (κ2) is 7.30. The van der Waals surface area contributed by atoms with E-state index in [9.17, 15) is 18.3 Å². The van der Waals surface area contributed by atoms with E-state index in [0.717, 1.165) is 56.6 Å². The van der Waals surface area contributed by atoms with E-state index in [2.05, 4.69) is 0 Å². The maximum absolute atomic E-state index is 13.0. The lowest BCUT2D eigenvalue weighted by molar-refractivity contribution is -0.258. The molecule has 0 bridgehead atoms. The second-order valence-corrected chi connectivity index (χ2v) is 5.82. The van der Waals surface area contributed by atoms with Crippen molar-refractivity contribution in [2.24, 2.45) is 0 Å². The van der Waals surface area contributed by atoms with Gasteiger partial charge in [0.15, 0.2) is 5.60 Å². The predicted octanol–water partition coefficient (Wildman–Crippen LogP) is 5.14. The van der Waals surface area contributed by atoms with Crippen molar-refractivity contribution in [1.29, 1.82) is 0 Å². The number of alkyl halides is 3. The summed E-state index contributed by atoms with van der Waals surface area (Å²) in [4.78, 5) is 0. The molecular weight excluding hydrogens is 277 g/mol. The number of halogens is 3. The minimum atomic E-state index is -4.67. The molecule has 0 aliphatic heterocycles. The van der Waals surface area contributed by atoms with E-state index in [4.69, 9.17) is 0 Å². The molecule has 0 aliphatic rings. The molecule has 1 aromatic rings. The molecule has 21 heavy (non-hydrogen) atoms. The summed E-state index contributed by atoms with van der Waals surface area (Å²) in [5.41, 5.74) is -1.08. The van der Waals surface area contributed by atoms with Crippen molar-refractivity contribution in [2.75, 3.05) is 0 Å². The van der Waals surface area contributed by atoms with Crippen LogP contribution in [0.4, 0.5) is 13.2 Å². The lowest BCUT2D eigenvalue weighted by Crippen LogP contribution is -2.39. The molecule has 0 spiro atoms. The van der Waals surface area contributed by atoms with Gasteiger partial charge in [0.25, 0.3) is 0 Å². The average Bonchev–Trinajstić information content (AvgIpc) is 2.41. The largest absolute Gasteiger partial charge is 0.421 e. The van der Waals surface area contributed by atoms with Gasteiger partial charge in [-0.15, -0.1) is 0 Å². The summed E-state index contributed by atoms with van der Waals surface area (Å²) in [6, 6.07) is 4.97. The van der Waals surface area contributed by atoms with E-state index in [-0.39, 0.29) is 5.56 Å². The standard InChI is InChI=1S/C17H25F3O/c1-4-6-8-13-10-14(9-7-5-2)12-15(11-13)16(3,21)17(18,19)20/h10-12,21H,4-9H2,1-3H3. The van der Waals surface area contributed by atoms with Gasteiger partial charge in [0.05, 0.1) is 0 Å². The van der Waals surface area contributed by atoms with Crippen LogP contribution in [-0.2, 0) is 18.4 Å². The molecule has 0 aliphatic carbocycles. The third-order valence-corrected chi connectivity index (χ3v) is 3.80. The van der Waals surface area contributed by atoms with Gasteiger partial charge in [0, 0.05) is 0 Å². The van der Waals surface area contributed by atoms with Crippen LogP contribution >= 0.6 is 0 Å². The highest BCUT2D eigenvalue weighted by atomic mass is 19.4. The molecule has 1 aromatic carbocycles. The van der Waals surface area contributed by atoms with Crippen LogP contribution in [-0.4, -0.2) is 11.3 Å². The molecule has 0 fully saturated rings. The van der Waals surface area contributed by atoms with Gasteiger partial charge in [0.1, 0.15) is 0 Å². The molecule has 1 N–H and O–H groups in total. The molecule has 0 radical (unpaired) electrons. The molecule has 4 heteroatoms. The minimum Gasteiger partial charge on any atom is -0.376 e. The Hall–Kier alpha value is -1.03. The van der Waals surface area contributed by atoms with Crippen molar-refractivity contribution in [3.8, 4) is 0 Å². The fraction of sp³-hybridized carbons (Fsp3) is 0.647. The van der Waals surface area contributed by atoms with Crippen LogP contribution in [0.15, 0.2) is 18.2 Å².